The molecular formula is C21H17Cl2N5OS. The molecule has 0 radical (unpaired) electrons. The topological polar surface area (TPSA) is 75.9 Å². The molecule has 1 N–H and O–H groups in total. The molecule has 0 saturated carbocycles. The molecule has 2 aromatic heterocycles. The first-order valence-corrected chi connectivity index (χ1v) is 10.6. The summed E-state index contributed by atoms with van der Waals surface area (Å²) in [6.45, 7) is 5.83. The molecule has 0 aliphatic rings. The van der Waals surface area contributed by atoms with Crippen molar-refractivity contribution >= 4 is 45.9 Å². The first kappa shape index (κ1) is 20.5. The maximum Gasteiger partial charge on any atom is 0.280 e. The van der Waals surface area contributed by atoms with Gasteiger partial charge < -0.3 is 0 Å². The lowest BCUT2D eigenvalue weighted by Crippen LogP contribution is -2.18. The zero-order chi connectivity index (χ0) is 21.4. The Hall–Kier alpha value is -2.74. The second kappa shape index (κ2) is 8.18. The molecule has 0 atom stereocenters. The van der Waals surface area contributed by atoms with Gasteiger partial charge in [0.2, 0.25) is 5.13 Å². The number of aromatic amines is 1. The first-order chi connectivity index (χ1) is 14.3. The molecule has 0 amide bonds. The highest BCUT2D eigenvalue weighted by Gasteiger charge is 2.14. The summed E-state index contributed by atoms with van der Waals surface area (Å²) in [5.74, 6) is 0. The van der Waals surface area contributed by atoms with Gasteiger partial charge in [0.05, 0.1) is 16.3 Å². The number of nitrogens with zero attached hydrogens (tertiary/aromatic N) is 4. The summed E-state index contributed by atoms with van der Waals surface area (Å²) >= 11 is 13.5. The number of benzene rings is 2. The molecule has 0 aliphatic carbocycles. The van der Waals surface area contributed by atoms with Crippen LogP contribution in [0.2, 0.25) is 10.0 Å². The van der Waals surface area contributed by atoms with E-state index in [0.29, 0.717) is 31.4 Å². The smallest absolute Gasteiger partial charge is 0.280 e. The molecule has 2 heterocycles. The normalized spacial score (nSPS) is 11.5. The van der Waals surface area contributed by atoms with Crippen LogP contribution in [0.3, 0.4) is 0 Å². The van der Waals surface area contributed by atoms with E-state index in [1.54, 1.807) is 18.2 Å². The van der Waals surface area contributed by atoms with E-state index in [4.69, 9.17) is 23.2 Å². The summed E-state index contributed by atoms with van der Waals surface area (Å²) in [5, 5.41) is 13.4. The number of H-pyrrole nitrogens is 1. The summed E-state index contributed by atoms with van der Waals surface area (Å²) in [6.07, 6.45) is 1.52. The van der Waals surface area contributed by atoms with E-state index in [2.05, 4.69) is 20.3 Å². The van der Waals surface area contributed by atoms with Crippen LogP contribution in [-0.4, -0.2) is 26.2 Å². The van der Waals surface area contributed by atoms with Crippen LogP contribution in [0.15, 0.2) is 46.2 Å². The number of hydrogen-bond acceptors (Lipinski definition) is 5. The molecule has 4 rings (SSSR count). The van der Waals surface area contributed by atoms with Gasteiger partial charge in [0.15, 0.2) is 5.01 Å². The lowest BCUT2D eigenvalue weighted by atomic mass is 10.1. The standard InChI is InChI=1S/C21H17Cl2N5OS/c1-11-4-7-18(12(2)8-11)28-20(29)16(13(3)27-28)10-24-21-26-25-19(30-21)15-6-5-14(22)9-17(15)23/h4-10,27H,1-3H3/b24-10+. The van der Waals surface area contributed by atoms with Gasteiger partial charge in [-0.25, -0.2) is 9.67 Å². The van der Waals surface area contributed by atoms with Crippen molar-refractivity contribution in [2.24, 2.45) is 4.99 Å². The molecule has 0 spiro atoms. The number of nitrogens with one attached hydrogen (secondary N) is 1. The molecular weight excluding hydrogens is 441 g/mol. The molecule has 6 nitrogen and oxygen atoms in total. The van der Waals surface area contributed by atoms with Crippen LogP contribution in [0.4, 0.5) is 5.13 Å². The van der Waals surface area contributed by atoms with Gasteiger partial charge in [0, 0.05) is 22.5 Å². The largest absolute Gasteiger partial charge is 0.295 e. The van der Waals surface area contributed by atoms with Crippen LogP contribution in [0.5, 0.6) is 0 Å². The second-order valence-electron chi connectivity index (χ2n) is 6.85. The number of aliphatic imine (C=N–C) groups is 1. The lowest BCUT2D eigenvalue weighted by molar-refractivity contribution is 0.828. The fourth-order valence-electron chi connectivity index (χ4n) is 3.10. The van der Waals surface area contributed by atoms with Crippen molar-refractivity contribution in [3.05, 3.63) is 79.2 Å². The van der Waals surface area contributed by atoms with Gasteiger partial charge in [-0.05, 0) is 50.6 Å². The van der Waals surface area contributed by atoms with E-state index in [-0.39, 0.29) is 5.56 Å². The number of aryl methyl sites for hydroxylation is 3. The van der Waals surface area contributed by atoms with Gasteiger partial charge in [-0.3, -0.25) is 9.89 Å². The highest BCUT2D eigenvalue weighted by Crippen LogP contribution is 2.34. The van der Waals surface area contributed by atoms with Crippen molar-refractivity contribution in [3.8, 4) is 16.3 Å². The Balaban J connectivity index is 1.65. The third-order valence-corrected chi connectivity index (χ3v) is 6.00. The first-order valence-electron chi connectivity index (χ1n) is 9.05. The van der Waals surface area contributed by atoms with Crippen molar-refractivity contribution < 1.29 is 0 Å². The van der Waals surface area contributed by atoms with Crippen molar-refractivity contribution in [3.63, 3.8) is 0 Å². The third-order valence-electron chi connectivity index (χ3n) is 4.59. The molecule has 0 bridgehead atoms. The summed E-state index contributed by atoms with van der Waals surface area (Å²) in [6, 6.07) is 11.1. The summed E-state index contributed by atoms with van der Waals surface area (Å²) in [5.41, 5.74) is 4.70. The van der Waals surface area contributed by atoms with Crippen LogP contribution in [0.25, 0.3) is 16.3 Å². The number of rotatable bonds is 4. The summed E-state index contributed by atoms with van der Waals surface area (Å²) < 4.78 is 1.53. The molecule has 152 valence electrons. The van der Waals surface area contributed by atoms with Crippen LogP contribution in [0.1, 0.15) is 22.4 Å². The van der Waals surface area contributed by atoms with Crippen molar-refractivity contribution in [1.29, 1.82) is 0 Å². The van der Waals surface area contributed by atoms with E-state index < -0.39 is 0 Å². The Kier molecular flexibility index (Phi) is 5.60. The summed E-state index contributed by atoms with van der Waals surface area (Å²) in [4.78, 5) is 17.3. The van der Waals surface area contributed by atoms with E-state index in [1.165, 1.54) is 22.2 Å². The molecule has 2 aromatic carbocycles. The average Bonchev–Trinajstić information content (AvgIpc) is 3.25. The van der Waals surface area contributed by atoms with E-state index in [1.807, 2.05) is 39.0 Å². The minimum atomic E-state index is -0.173. The van der Waals surface area contributed by atoms with Crippen molar-refractivity contribution in [2.75, 3.05) is 0 Å². The monoisotopic (exact) mass is 457 g/mol. The Morgan fingerprint density at radius 2 is 1.90 bits per heavy atom. The fraction of sp³-hybridized carbons (Fsp3) is 0.143. The predicted octanol–water partition coefficient (Wildman–Crippen LogP) is 5.67. The molecule has 0 unspecified atom stereocenters. The van der Waals surface area contributed by atoms with Crippen LogP contribution >= 0.6 is 34.5 Å². The van der Waals surface area contributed by atoms with Gasteiger partial charge >= 0.3 is 0 Å². The Morgan fingerprint density at radius 1 is 1.10 bits per heavy atom. The molecule has 4 aromatic rings. The molecule has 9 heteroatoms. The summed E-state index contributed by atoms with van der Waals surface area (Å²) in [7, 11) is 0. The van der Waals surface area contributed by atoms with Crippen LogP contribution in [-0.2, 0) is 0 Å². The Labute approximate surface area is 186 Å². The van der Waals surface area contributed by atoms with Crippen molar-refractivity contribution in [1.82, 2.24) is 20.0 Å². The minimum absolute atomic E-state index is 0.173. The SMILES string of the molecule is Cc1ccc(-n2[nH]c(C)c(/C=N/c3nnc(-c4ccc(Cl)cc4Cl)s3)c2=O)c(C)c1. The number of halogens is 2. The zero-order valence-corrected chi connectivity index (χ0v) is 18.7. The van der Waals surface area contributed by atoms with Gasteiger partial charge in [-0.15, -0.1) is 10.2 Å². The van der Waals surface area contributed by atoms with Crippen LogP contribution in [0, 0.1) is 20.8 Å². The van der Waals surface area contributed by atoms with Gasteiger partial charge in [0.1, 0.15) is 0 Å². The number of hydrogen-bond donors (Lipinski definition) is 1. The fourth-order valence-corrected chi connectivity index (χ4v) is 4.38. The predicted molar refractivity (Wildman–Crippen MR) is 123 cm³/mol. The molecule has 30 heavy (non-hydrogen) atoms. The molecule has 0 saturated heterocycles. The quantitative estimate of drug-likeness (QED) is 0.401. The third kappa shape index (κ3) is 3.96. The second-order valence-corrected chi connectivity index (χ2v) is 8.65. The van der Waals surface area contributed by atoms with Gasteiger partial charge in [-0.1, -0.05) is 52.2 Å². The Morgan fingerprint density at radius 3 is 2.63 bits per heavy atom. The van der Waals surface area contributed by atoms with Crippen molar-refractivity contribution in [2.45, 2.75) is 20.8 Å². The van der Waals surface area contributed by atoms with E-state index in [9.17, 15) is 4.79 Å². The maximum absolute atomic E-state index is 12.9. The molecule has 0 fully saturated rings. The maximum atomic E-state index is 12.9. The highest BCUT2D eigenvalue weighted by molar-refractivity contribution is 7.18. The van der Waals surface area contributed by atoms with E-state index >= 15 is 0 Å². The average molecular weight is 458 g/mol. The highest BCUT2D eigenvalue weighted by atomic mass is 35.5. The zero-order valence-electron chi connectivity index (χ0n) is 16.4. The van der Waals surface area contributed by atoms with E-state index in [0.717, 1.165) is 22.4 Å². The Bertz CT molecular complexity index is 1340. The number of aromatic nitrogens is 4. The van der Waals surface area contributed by atoms with Gasteiger partial charge in [0.25, 0.3) is 5.56 Å². The minimum Gasteiger partial charge on any atom is -0.295 e. The molecule has 0 aliphatic heterocycles. The lowest BCUT2D eigenvalue weighted by Gasteiger charge is -2.06. The van der Waals surface area contributed by atoms with Crippen LogP contribution < -0.4 is 5.56 Å². The van der Waals surface area contributed by atoms with Gasteiger partial charge in [-0.2, -0.15) is 0 Å².